The van der Waals surface area contributed by atoms with E-state index in [-0.39, 0.29) is 0 Å². The van der Waals surface area contributed by atoms with Crippen LogP contribution in [-0.4, -0.2) is 9.97 Å². The van der Waals surface area contributed by atoms with Crippen LogP contribution in [0, 0.1) is 35.5 Å². The molecule has 4 unspecified atom stereocenters. The molecule has 2 fully saturated rings. The molecule has 2 saturated carbocycles. The van der Waals surface area contributed by atoms with Crippen LogP contribution in [0.15, 0.2) is 84.9 Å². The highest BCUT2D eigenvalue weighted by Gasteiger charge is 2.35. The zero-order valence-electron chi connectivity index (χ0n) is 27.4. The van der Waals surface area contributed by atoms with Crippen LogP contribution in [0.3, 0.4) is 0 Å². The lowest BCUT2D eigenvalue weighted by molar-refractivity contribution is 0.190. The van der Waals surface area contributed by atoms with Crippen molar-refractivity contribution in [1.82, 2.24) is 9.97 Å². The van der Waals surface area contributed by atoms with E-state index in [2.05, 4.69) is 126 Å². The van der Waals surface area contributed by atoms with E-state index in [4.69, 9.17) is 9.97 Å². The monoisotopic (exact) mass is 580 g/mol. The van der Waals surface area contributed by atoms with Crippen LogP contribution in [0.2, 0.25) is 0 Å². The fraction of sp³-hybridized carbons (Fsp3) is 0.429. The first-order valence-electron chi connectivity index (χ1n) is 17.2. The maximum atomic E-state index is 5.65. The fourth-order valence-corrected chi connectivity index (χ4v) is 9.67. The largest absolute Gasteiger partial charge is 0.250 e. The van der Waals surface area contributed by atoms with E-state index in [1.807, 2.05) is 0 Å². The molecule has 4 atom stereocenters. The van der Waals surface area contributed by atoms with Crippen LogP contribution >= 0.6 is 0 Å². The quantitative estimate of drug-likeness (QED) is 0.198. The molecule has 2 nitrogen and oxygen atoms in total. The van der Waals surface area contributed by atoms with Gasteiger partial charge in [0.15, 0.2) is 0 Å². The summed E-state index contributed by atoms with van der Waals surface area (Å²) in [7, 11) is 0. The summed E-state index contributed by atoms with van der Waals surface area (Å²) in [6, 6.07) is 31.4. The lowest BCUT2D eigenvalue weighted by Gasteiger charge is -2.38. The van der Waals surface area contributed by atoms with E-state index >= 15 is 0 Å². The van der Waals surface area contributed by atoms with Crippen molar-refractivity contribution in [3.05, 3.63) is 96.3 Å². The minimum atomic E-state index is 0.449. The Balaban J connectivity index is 1.54. The topological polar surface area (TPSA) is 25.8 Å². The van der Waals surface area contributed by atoms with Crippen LogP contribution in [0.25, 0.3) is 44.1 Å². The molecule has 0 saturated heterocycles. The van der Waals surface area contributed by atoms with Gasteiger partial charge in [-0.25, -0.2) is 0 Å². The van der Waals surface area contributed by atoms with Crippen LogP contribution in [0.1, 0.15) is 90.4 Å². The number of pyridine rings is 2. The maximum absolute atomic E-state index is 5.65. The van der Waals surface area contributed by atoms with Crippen molar-refractivity contribution in [3.63, 3.8) is 0 Å². The average Bonchev–Trinajstić information content (AvgIpc) is 3.00. The van der Waals surface area contributed by atoms with Gasteiger partial charge in [0.2, 0.25) is 0 Å². The zero-order valence-corrected chi connectivity index (χ0v) is 27.4. The molecule has 7 rings (SSSR count). The number of nitrogens with zero attached hydrogens (tertiary/aromatic N) is 2. The molecule has 226 valence electrons. The third-order valence-electron chi connectivity index (χ3n) is 11.2. The highest BCUT2D eigenvalue weighted by Crippen LogP contribution is 2.48. The van der Waals surface area contributed by atoms with Gasteiger partial charge in [0.05, 0.1) is 11.0 Å². The molecular weight excluding hydrogens is 532 g/mol. The third-order valence-corrected chi connectivity index (χ3v) is 11.2. The summed E-state index contributed by atoms with van der Waals surface area (Å²) in [4.78, 5) is 11.3. The van der Waals surface area contributed by atoms with Crippen molar-refractivity contribution in [2.45, 2.75) is 79.1 Å². The number of benzene rings is 3. The molecule has 0 N–H and O–H groups in total. The normalized spacial score (nSPS) is 29.2. The van der Waals surface area contributed by atoms with E-state index in [0.29, 0.717) is 35.5 Å². The van der Waals surface area contributed by atoms with E-state index in [9.17, 15) is 0 Å². The third kappa shape index (κ3) is 5.25. The molecule has 0 radical (unpaired) electrons. The number of aromatic nitrogens is 2. The molecule has 5 aromatic rings. The average molecular weight is 581 g/mol. The second-order valence-corrected chi connectivity index (χ2v) is 14.9. The second-order valence-electron chi connectivity index (χ2n) is 14.9. The smallest absolute Gasteiger partial charge is 0.0974 e. The van der Waals surface area contributed by atoms with E-state index in [0.717, 1.165) is 22.9 Å². The first kappa shape index (κ1) is 29.2. The fourth-order valence-electron chi connectivity index (χ4n) is 9.67. The Bertz CT molecular complexity index is 1620. The highest BCUT2D eigenvalue weighted by molar-refractivity contribution is 6.12. The summed E-state index contributed by atoms with van der Waals surface area (Å²) in [6.07, 6.45) is 5.06. The molecule has 3 aromatic carbocycles. The number of rotatable bonds is 4. The van der Waals surface area contributed by atoms with E-state index in [1.165, 1.54) is 70.1 Å². The number of hydrogen-bond acceptors (Lipinski definition) is 2. The van der Waals surface area contributed by atoms with Crippen LogP contribution in [-0.2, 0) is 0 Å². The Morgan fingerprint density at radius 1 is 0.455 bits per heavy atom. The Kier molecular flexibility index (Phi) is 7.81. The summed E-state index contributed by atoms with van der Waals surface area (Å²) >= 11 is 0. The van der Waals surface area contributed by atoms with Gasteiger partial charge in [0.25, 0.3) is 0 Å². The van der Waals surface area contributed by atoms with Crippen molar-refractivity contribution >= 4 is 21.8 Å². The van der Waals surface area contributed by atoms with E-state index < -0.39 is 0 Å². The first-order valence-corrected chi connectivity index (χ1v) is 17.2. The van der Waals surface area contributed by atoms with Crippen LogP contribution < -0.4 is 0 Å². The van der Waals surface area contributed by atoms with Crippen LogP contribution in [0.4, 0.5) is 0 Å². The van der Waals surface area contributed by atoms with Gasteiger partial charge in [-0.3, -0.25) is 9.97 Å². The van der Waals surface area contributed by atoms with Crippen LogP contribution in [0.5, 0.6) is 0 Å². The molecule has 2 aromatic heterocycles. The Labute approximate surface area is 264 Å². The summed E-state index contributed by atoms with van der Waals surface area (Å²) in [5.74, 6) is 4.85. The van der Waals surface area contributed by atoms with Gasteiger partial charge >= 0.3 is 0 Å². The van der Waals surface area contributed by atoms with Crippen molar-refractivity contribution < 1.29 is 0 Å². The Morgan fingerprint density at radius 2 is 0.795 bits per heavy atom. The van der Waals surface area contributed by atoms with E-state index in [1.54, 1.807) is 0 Å². The lowest BCUT2D eigenvalue weighted by atomic mass is 9.68. The molecular formula is C42H48N2. The lowest BCUT2D eigenvalue weighted by Crippen LogP contribution is -2.28. The molecule has 2 aliphatic rings. The second kappa shape index (κ2) is 11.8. The van der Waals surface area contributed by atoms with Gasteiger partial charge in [-0.05, 0) is 95.6 Å². The molecule has 0 spiro atoms. The number of fused-ring (bicyclic) bond motifs is 3. The van der Waals surface area contributed by atoms with Gasteiger partial charge in [-0.1, -0.05) is 114 Å². The minimum Gasteiger partial charge on any atom is -0.250 e. The standard InChI is InChI=1S/C42H48N2/c1-25-19-27(3)39(28(4)20-25)37-23-35(31-13-9-7-10-14-31)33-17-18-34-36(32-15-11-8-12-16-32)24-38(44-42(34)41(33)43-37)40-29(5)21-26(2)22-30(40)6/h7-18,23-30,39-40H,19-22H2,1-6H3. The summed E-state index contributed by atoms with van der Waals surface area (Å²) < 4.78 is 0. The highest BCUT2D eigenvalue weighted by atomic mass is 14.8. The van der Waals surface area contributed by atoms with Crippen molar-refractivity contribution in [2.75, 3.05) is 0 Å². The summed E-state index contributed by atoms with van der Waals surface area (Å²) in [5.41, 5.74) is 9.72. The Hall–Kier alpha value is -3.52. The van der Waals surface area contributed by atoms with Crippen molar-refractivity contribution in [3.8, 4) is 22.3 Å². The predicted molar refractivity (Wildman–Crippen MR) is 187 cm³/mol. The number of hydrogen-bond donors (Lipinski definition) is 0. The molecule has 0 amide bonds. The molecule has 2 heterocycles. The Morgan fingerprint density at radius 3 is 1.14 bits per heavy atom. The maximum Gasteiger partial charge on any atom is 0.0974 e. The van der Waals surface area contributed by atoms with Crippen molar-refractivity contribution in [2.24, 2.45) is 35.5 Å². The van der Waals surface area contributed by atoms with Gasteiger partial charge in [0, 0.05) is 34.0 Å². The van der Waals surface area contributed by atoms with Gasteiger partial charge in [-0.2, -0.15) is 0 Å². The molecule has 0 aliphatic heterocycles. The summed E-state index contributed by atoms with van der Waals surface area (Å²) in [6.45, 7) is 14.6. The van der Waals surface area contributed by atoms with Gasteiger partial charge in [-0.15, -0.1) is 0 Å². The molecule has 44 heavy (non-hydrogen) atoms. The molecule has 2 heteroatoms. The minimum absolute atomic E-state index is 0.449. The molecule has 0 bridgehead atoms. The first-order chi connectivity index (χ1) is 21.3. The SMILES string of the molecule is CC1CC(C)C(c2cc(-c3ccccc3)c3ccc4c(-c5ccccc5)cc(C5C(C)CC(C)CC5C)nc4c3n2)C(C)C1. The van der Waals surface area contributed by atoms with Crippen molar-refractivity contribution in [1.29, 1.82) is 0 Å². The van der Waals surface area contributed by atoms with Gasteiger partial charge in [0.1, 0.15) is 0 Å². The van der Waals surface area contributed by atoms with Gasteiger partial charge < -0.3 is 0 Å². The molecule has 2 aliphatic carbocycles. The predicted octanol–water partition coefficient (Wildman–Crippen LogP) is 11.7. The summed E-state index contributed by atoms with van der Waals surface area (Å²) in [5, 5.41) is 2.41. The zero-order chi connectivity index (χ0) is 30.5.